The third-order valence-corrected chi connectivity index (χ3v) is 11.5. The number of nitrogens with one attached hydrogen (secondary N) is 7. The first kappa shape index (κ1) is 59.6. The van der Waals surface area contributed by atoms with Crippen LogP contribution in [-0.2, 0) is 60.7 Å². The van der Waals surface area contributed by atoms with Gasteiger partial charge >= 0.3 is 6.09 Å². The number of nitrogens with zero attached hydrogens (tertiary/aromatic N) is 2. The fraction of sp³-hybridized carbons (Fsp3) is 0.551. The van der Waals surface area contributed by atoms with Crippen LogP contribution in [-0.4, -0.2) is 145 Å². The Labute approximate surface area is 416 Å². The second-order valence-electron chi connectivity index (χ2n) is 18.5. The lowest BCUT2D eigenvalue weighted by atomic mass is 9.81. The Morgan fingerprint density at radius 1 is 0.629 bits per heavy atom. The summed E-state index contributed by atoms with van der Waals surface area (Å²) < 4.78 is 5.86. The van der Waals surface area contributed by atoms with Gasteiger partial charge in [-0.3, -0.25) is 43.2 Å². The molecule has 4 atom stereocenters. The summed E-state index contributed by atoms with van der Waals surface area (Å²) in [7, 11) is 2.71. The van der Waals surface area contributed by atoms with Crippen molar-refractivity contribution >= 4 is 71.1 Å². The third-order valence-electron chi connectivity index (χ3n) is 11.3. The maximum atomic E-state index is 13.5. The molecule has 0 aliphatic heterocycles. The number of carbonyl (C=O) groups excluding carboxylic acids is 10. The highest BCUT2D eigenvalue weighted by Gasteiger charge is 2.35. The lowest BCUT2D eigenvalue weighted by molar-refractivity contribution is -0.141. The second kappa shape index (κ2) is 29.5. The van der Waals surface area contributed by atoms with Crippen LogP contribution in [0.3, 0.4) is 0 Å². The van der Waals surface area contributed by atoms with Crippen molar-refractivity contribution < 1.29 is 52.7 Å². The molecule has 9 amide bonds. The predicted octanol–water partition coefficient (Wildman–Crippen LogP) is 1.27. The molecule has 0 aliphatic carbocycles. The van der Waals surface area contributed by atoms with E-state index in [0.29, 0.717) is 12.8 Å². The van der Waals surface area contributed by atoms with Gasteiger partial charge in [0.2, 0.25) is 47.3 Å². The van der Waals surface area contributed by atoms with Crippen LogP contribution in [0, 0.1) is 17.8 Å². The smallest absolute Gasteiger partial charge is 0.408 e. The molecule has 70 heavy (non-hydrogen) atoms. The van der Waals surface area contributed by atoms with Crippen LogP contribution in [0.4, 0.5) is 4.79 Å². The highest BCUT2D eigenvalue weighted by atomic mass is 32.1. The van der Waals surface area contributed by atoms with Gasteiger partial charge in [0.05, 0.1) is 19.6 Å². The van der Waals surface area contributed by atoms with Crippen molar-refractivity contribution in [3.8, 4) is 0 Å². The molecular formula is C49H73N9O11S. The van der Waals surface area contributed by atoms with Crippen LogP contribution in [0.5, 0.6) is 0 Å². The summed E-state index contributed by atoms with van der Waals surface area (Å²) in [6.45, 7) is 11.6. The zero-order chi connectivity index (χ0) is 52.7. The topological polar surface area (TPSA) is 271 Å². The molecule has 20 nitrogen and oxygen atoms in total. The molecule has 0 saturated carbocycles. The standard InChI is InChI=1S/C49H73N9O11S/c1-30(2)23-37(45(65)55-32(5)44(64)56-43(31(3)4)46(66)52-26-38(59)50-22-21-42(63)70)58(10)41(62)28-51-40(61)29-57(9)47(67)33(6)54-39(60)27-53-48(68)69-49(7,8)36(24-34-17-13-11-14-18-34)25-35-19-15-12-16-20-35/h11-20,30-33,36-37,43H,21-29H2,1-10H3,(H,50,59)(H,51,61)(H,52,66)(H,53,68)(H,54,60)(H,55,65)(H,56,64)(H,63,70). The number of likely N-dealkylation sites (N-methyl/N-ethyl adjacent to an activating group) is 2. The highest BCUT2D eigenvalue weighted by Crippen LogP contribution is 2.29. The molecule has 0 aliphatic rings. The van der Waals surface area contributed by atoms with E-state index in [4.69, 9.17) is 4.74 Å². The van der Waals surface area contributed by atoms with Crippen LogP contribution < -0.4 is 37.2 Å². The first-order chi connectivity index (χ1) is 32.8. The number of hydrogen-bond donors (Lipinski definition) is 8. The van der Waals surface area contributed by atoms with Gasteiger partial charge < -0.3 is 51.8 Å². The van der Waals surface area contributed by atoms with Gasteiger partial charge in [-0.1, -0.05) is 88.4 Å². The molecule has 0 bridgehead atoms. The quantitative estimate of drug-likeness (QED) is 0.0563. The van der Waals surface area contributed by atoms with Crippen molar-refractivity contribution in [2.24, 2.45) is 17.8 Å². The van der Waals surface area contributed by atoms with Crippen molar-refractivity contribution in [1.82, 2.24) is 47.0 Å². The number of thiol groups is 1. The lowest BCUT2D eigenvalue weighted by Gasteiger charge is -2.34. The largest absolute Gasteiger partial charge is 0.443 e. The van der Waals surface area contributed by atoms with E-state index in [1.165, 1.54) is 27.9 Å². The molecule has 0 radical (unpaired) electrons. The summed E-state index contributed by atoms with van der Waals surface area (Å²) >= 11 is 3.63. The van der Waals surface area contributed by atoms with E-state index < -0.39 is 120 Å². The molecule has 2 aromatic rings. The van der Waals surface area contributed by atoms with E-state index in [9.17, 15) is 47.9 Å². The van der Waals surface area contributed by atoms with Crippen LogP contribution in [0.15, 0.2) is 60.7 Å². The first-order valence-corrected chi connectivity index (χ1v) is 23.7. The number of hydrogen-bond acceptors (Lipinski definition) is 11. The van der Waals surface area contributed by atoms with Crippen LogP contribution in [0.2, 0.25) is 0 Å². The van der Waals surface area contributed by atoms with Crippen LogP contribution >= 0.6 is 12.6 Å². The fourth-order valence-electron chi connectivity index (χ4n) is 7.10. The summed E-state index contributed by atoms with van der Waals surface area (Å²) in [4.78, 5) is 130. The van der Waals surface area contributed by atoms with Crippen molar-refractivity contribution in [2.45, 2.75) is 111 Å². The predicted molar refractivity (Wildman–Crippen MR) is 266 cm³/mol. The second-order valence-corrected chi connectivity index (χ2v) is 19.0. The van der Waals surface area contributed by atoms with Gasteiger partial charge in [-0.2, -0.15) is 0 Å². The Hall–Kier alpha value is -6.51. The highest BCUT2D eigenvalue weighted by molar-refractivity contribution is 7.96. The summed E-state index contributed by atoms with van der Waals surface area (Å²) in [5.74, 6) is -5.80. The molecule has 0 spiro atoms. The molecule has 0 aromatic heterocycles. The minimum absolute atomic E-state index is 0.0121. The molecule has 0 fully saturated rings. The average Bonchev–Trinajstić information content (AvgIpc) is 3.29. The van der Waals surface area contributed by atoms with Gasteiger partial charge in [0.25, 0.3) is 0 Å². The minimum atomic E-state index is -1.15. The molecule has 2 rings (SSSR count). The number of carbonyl (C=O) groups is 10. The molecule has 21 heteroatoms. The van der Waals surface area contributed by atoms with E-state index >= 15 is 0 Å². The average molecular weight is 996 g/mol. The van der Waals surface area contributed by atoms with Gasteiger partial charge in [0, 0.05) is 33.0 Å². The van der Waals surface area contributed by atoms with Crippen molar-refractivity contribution in [3.63, 3.8) is 0 Å². The zero-order valence-corrected chi connectivity index (χ0v) is 42.9. The molecule has 386 valence electrons. The van der Waals surface area contributed by atoms with Crippen LogP contribution in [0.1, 0.15) is 79.4 Å². The first-order valence-electron chi connectivity index (χ1n) is 23.3. The lowest BCUT2D eigenvalue weighted by Crippen LogP contribution is -2.58. The van der Waals surface area contributed by atoms with E-state index in [1.54, 1.807) is 13.8 Å². The van der Waals surface area contributed by atoms with Gasteiger partial charge in [-0.05, 0) is 69.9 Å². The summed E-state index contributed by atoms with van der Waals surface area (Å²) in [6.07, 6.45) is 0.668. The molecule has 2 aromatic carbocycles. The van der Waals surface area contributed by atoms with E-state index in [2.05, 4.69) is 49.8 Å². The van der Waals surface area contributed by atoms with Gasteiger partial charge in [0.1, 0.15) is 36.3 Å². The Balaban J connectivity index is 1.89. The van der Waals surface area contributed by atoms with E-state index in [-0.39, 0.29) is 31.2 Å². The Kier molecular flexibility index (Phi) is 25.1. The summed E-state index contributed by atoms with van der Waals surface area (Å²) in [6, 6.07) is 15.3. The monoisotopic (exact) mass is 996 g/mol. The van der Waals surface area contributed by atoms with Crippen LogP contribution in [0.25, 0.3) is 0 Å². The third kappa shape index (κ3) is 21.8. The van der Waals surface area contributed by atoms with Crippen molar-refractivity contribution in [3.05, 3.63) is 71.8 Å². The Morgan fingerprint density at radius 3 is 1.71 bits per heavy atom. The van der Waals surface area contributed by atoms with Crippen molar-refractivity contribution in [2.75, 3.05) is 46.8 Å². The van der Waals surface area contributed by atoms with E-state index in [0.717, 1.165) is 20.9 Å². The number of benzene rings is 2. The Bertz CT molecular complexity index is 2070. The molecule has 4 unspecified atom stereocenters. The fourth-order valence-corrected chi connectivity index (χ4v) is 7.21. The minimum Gasteiger partial charge on any atom is -0.443 e. The maximum Gasteiger partial charge on any atom is 0.408 e. The molecule has 0 saturated heterocycles. The molecular weight excluding hydrogens is 923 g/mol. The van der Waals surface area contributed by atoms with Gasteiger partial charge in [-0.15, -0.1) is 12.6 Å². The molecule has 0 heterocycles. The number of amides is 9. The van der Waals surface area contributed by atoms with Crippen molar-refractivity contribution in [1.29, 1.82) is 0 Å². The number of ether oxygens (including phenoxy) is 1. The van der Waals surface area contributed by atoms with Gasteiger partial charge in [0.15, 0.2) is 5.12 Å². The van der Waals surface area contributed by atoms with Gasteiger partial charge in [-0.25, -0.2) is 4.79 Å². The SMILES string of the molecule is CC(C)CC(C(=O)NC(C)C(=O)NC(C(=O)NCC(=O)NCCC(=O)S)C(C)C)N(C)C(=O)CNC(=O)CN(C)C(=O)C(C)NC(=O)CNC(=O)OC(C)(C)C(Cc1ccccc1)Cc1ccccc1. The summed E-state index contributed by atoms with van der Waals surface area (Å²) in [5, 5.41) is 17.1. The summed E-state index contributed by atoms with van der Waals surface area (Å²) in [5.41, 5.74) is 1.23. The molecule has 7 N–H and O–H groups in total. The Morgan fingerprint density at radius 2 is 1.19 bits per heavy atom. The zero-order valence-electron chi connectivity index (χ0n) is 42.0. The number of rotatable bonds is 28. The number of alkyl carbamates (subject to hydrolysis) is 1. The maximum absolute atomic E-state index is 13.5. The van der Waals surface area contributed by atoms with E-state index in [1.807, 2.05) is 88.4 Å². The normalized spacial score (nSPS) is 12.9.